The van der Waals surface area contributed by atoms with Gasteiger partial charge in [0.15, 0.2) is 0 Å². The van der Waals surface area contributed by atoms with Gasteiger partial charge in [0, 0.05) is 12.4 Å². The number of nitrogens with zero attached hydrogens (tertiary/aromatic N) is 6. The summed E-state index contributed by atoms with van der Waals surface area (Å²) < 4.78 is 0. The number of hydrogen-bond acceptors (Lipinski definition) is 2. The molecule has 0 spiro atoms. The van der Waals surface area contributed by atoms with Crippen LogP contribution in [0.2, 0.25) is 0 Å². The van der Waals surface area contributed by atoms with Crippen molar-refractivity contribution in [2.24, 2.45) is 0 Å². The van der Waals surface area contributed by atoms with Crippen molar-refractivity contribution in [3.05, 3.63) is 46.5 Å². The van der Waals surface area contributed by atoms with Crippen LogP contribution in [0.25, 0.3) is 10.6 Å². The summed E-state index contributed by atoms with van der Waals surface area (Å²) in [6, 6.07) is 0. The van der Waals surface area contributed by atoms with Gasteiger partial charge in [0.05, 0.1) is 0 Å². The SMILES string of the molecule is C[N-]C.C[N-]C.Cc1cn[n-]c1.Cc1cn[n-]c1.[Ti+4]. The Bertz CT molecular complexity index is 286. The van der Waals surface area contributed by atoms with Gasteiger partial charge in [-0.2, -0.15) is 40.6 Å². The third-order valence-corrected chi connectivity index (χ3v) is 1.18. The average Bonchev–Trinajstić information content (AvgIpc) is 2.95. The molecule has 19 heavy (non-hydrogen) atoms. The van der Waals surface area contributed by atoms with E-state index in [1.807, 2.05) is 13.8 Å². The van der Waals surface area contributed by atoms with Gasteiger partial charge in [-0.3, -0.25) is 0 Å². The minimum absolute atomic E-state index is 0. The molecule has 0 amide bonds. The van der Waals surface area contributed by atoms with Crippen molar-refractivity contribution in [1.29, 1.82) is 0 Å². The first kappa shape index (κ1) is 23.2. The van der Waals surface area contributed by atoms with Gasteiger partial charge in [-0.25, -0.2) is 0 Å². The Balaban J connectivity index is -0.000000188. The van der Waals surface area contributed by atoms with Crippen LogP contribution in [0.1, 0.15) is 11.1 Å². The standard InChI is InChI=1S/2C4H5N2.2C2H6N.Ti/c2*1-4-2-5-6-3-4;2*1-3-2;/h2*2-3H,1H3;2*1-2H3;/q4*-1;+4. The Morgan fingerprint density at radius 3 is 1.11 bits per heavy atom. The van der Waals surface area contributed by atoms with Crippen molar-refractivity contribution < 1.29 is 21.7 Å². The molecule has 2 heterocycles. The fraction of sp³-hybridized carbons (Fsp3) is 0.500. The van der Waals surface area contributed by atoms with Crippen LogP contribution in [0.5, 0.6) is 0 Å². The first-order valence-corrected chi connectivity index (χ1v) is 5.38. The molecule has 6 nitrogen and oxygen atoms in total. The predicted molar refractivity (Wildman–Crippen MR) is 75.0 cm³/mol. The van der Waals surface area contributed by atoms with Gasteiger partial charge in [0.25, 0.3) is 0 Å². The van der Waals surface area contributed by atoms with Gasteiger partial charge in [0.2, 0.25) is 0 Å². The summed E-state index contributed by atoms with van der Waals surface area (Å²) in [4.78, 5) is 0. The summed E-state index contributed by atoms with van der Waals surface area (Å²) in [7, 11) is 7.00. The Kier molecular flexibility index (Phi) is 23.7. The van der Waals surface area contributed by atoms with E-state index in [-0.39, 0.29) is 21.7 Å². The molecular weight excluding hydrogens is 276 g/mol. The summed E-state index contributed by atoms with van der Waals surface area (Å²) in [5, 5.41) is 21.3. The summed E-state index contributed by atoms with van der Waals surface area (Å²) in [5.41, 5.74) is 2.24. The Hall–Kier alpha value is -0.946. The van der Waals surface area contributed by atoms with Crippen LogP contribution < -0.4 is 10.2 Å². The fourth-order valence-corrected chi connectivity index (χ4v) is 0.564. The minimum atomic E-state index is 0. The number of rotatable bonds is 0. The van der Waals surface area contributed by atoms with E-state index in [4.69, 9.17) is 0 Å². The van der Waals surface area contributed by atoms with Gasteiger partial charge in [-0.15, -0.1) is 0 Å². The second-order valence-electron chi connectivity index (χ2n) is 3.36. The zero-order valence-corrected chi connectivity index (χ0v) is 14.1. The monoisotopic (exact) mass is 298 g/mol. The molecular formula is C12H22N6Ti. The third kappa shape index (κ3) is 22.7. The molecule has 0 aliphatic heterocycles. The molecule has 0 saturated carbocycles. The van der Waals surface area contributed by atoms with Crippen LogP contribution in [-0.2, 0) is 21.7 Å². The van der Waals surface area contributed by atoms with Crippen LogP contribution in [0.3, 0.4) is 0 Å². The molecule has 0 aliphatic rings. The molecule has 2 aromatic rings. The van der Waals surface area contributed by atoms with Gasteiger partial charge in [-0.1, -0.05) is 11.1 Å². The number of hydrogen-bond donors (Lipinski definition) is 0. The number of aromatic nitrogens is 4. The van der Waals surface area contributed by atoms with E-state index < -0.39 is 0 Å². The molecule has 2 aromatic heterocycles. The van der Waals surface area contributed by atoms with Crippen molar-refractivity contribution in [2.45, 2.75) is 13.8 Å². The second-order valence-corrected chi connectivity index (χ2v) is 3.36. The van der Waals surface area contributed by atoms with E-state index in [1.54, 1.807) is 53.0 Å². The van der Waals surface area contributed by atoms with E-state index in [9.17, 15) is 0 Å². The molecule has 0 radical (unpaired) electrons. The Morgan fingerprint density at radius 1 is 0.789 bits per heavy atom. The van der Waals surface area contributed by atoms with Crippen LogP contribution in [0, 0.1) is 13.8 Å². The van der Waals surface area contributed by atoms with Gasteiger partial charge in [0.1, 0.15) is 0 Å². The first-order valence-electron chi connectivity index (χ1n) is 5.38. The van der Waals surface area contributed by atoms with E-state index in [2.05, 4.69) is 31.0 Å². The summed E-state index contributed by atoms with van der Waals surface area (Å²) in [6.45, 7) is 3.92. The van der Waals surface area contributed by atoms with Crippen LogP contribution in [0.15, 0.2) is 24.8 Å². The van der Waals surface area contributed by atoms with E-state index in [0.717, 1.165) is 11.1 Å². The maximum absolute atomic E-state index is 3.57. The molecule has 0 bridgehead atoms. The van der Waals surface area contributed by atoms with Crippen molar-refractivity contribution in [2.75, 3.05) is 28.2 Å². The molecule has 0 N–H and O–H groups in total. The zero-order valence-electron chi connectivity index (χ0n) is 12.5. The van der Waals surface area contributed by atoms with Crippen molar-refractivity contribution in [3.63, 3.8) is 0 Å². The van der Waals surface area contributed by atoms with Crippen LogP contribution >= 0.6 is 0 Å². The van der Waals surface area contributed by atoms with Crippen LogP contribution in [-0.4, -0.2) is 38.4 Å². The molecule has 104 valence electrons. The maximum Gasteiger partial charge on any atom is 4.00 e. The van der Waals surface area contributed by atoms with Crippen LogP contribution in [0.4, 0.5) is 0 Å². The Labute approximate surface area is 131 Å². The largest absolute Gasteiger partial charge is 4.00 e. The molecule has 7 heteroatoms. The van der Waals surface area contributed by atoms with E-state index in [0.29, 0.717) is 0 Å². The summed E-state index contributed by atoms with van der Waals surface area (Å²) in [6.07, 6.45) is 6.89. The molecule has 0 atom stereocenters. The second kappa shape index (κ2) is 19.4. The van der Waals surface area contributed by atoms with Gasteiger partial charge in [-0.05, 0) is 13.8 Å². The molecule has 0 aromatic carbocycles. The smallest absolute Gasteiger partial charge is 0.668 e. The topological polar surface area (TPSA) is 82.2 Å². The zero-order chi connectivity index (χ0) is 14.2. The van der Waals surface area contributed by atoms with E-state index >= 15 is 0 Å². The van der Waals surface area contributed by atoms with Crippen molar-refractivity contribution >= 4 is 0 Å². The molecule has 0 saturated heterocycles. The van der Waals surface area contributed by atoms with Gasteiger partial charge < -0.3 is 31.0 Å². The predicted octanol–water partition coefficient (Wildman–Crippen LogP) is 1.93. The quantitative estimate of drug-likeness (QED) is 0.696. The number of aryl methyl sites for hydroxylation is 2. The molecule has 0 unspecified atom stereocenters. The average molecular weight is 298 g/mol. The minimum Gasteiger partial charge on any atom is -0.668 e. The summed E-state index contributed by atoms with van der Waals surface area (Å²) >= 11 is 0. The maximum atomic E-state index is 3.57. The third-order valence-electron chi connectivity index (χ3n) is 1.18. The van der Waals surface area contributed by atoms with Crippen molar-refractivity contribution in [1.82, 2.24) is 20.4 Å². The molecule has 0 fully saturated rings. The van der Waals surface area contributed by atoms with Crippen molar-refractivity contribution in [3.8, 4) is 0 Å². The normalized spacial score (nSPS) is 7.47. The van der Waals surface area contributed by atoms with E-state index in [1.165, 1.54) is 0 Å². The molecule has 2 rings (SSSR count). The van der Waals surface area contributed by atoms with Gasteiger partial charge >= 0.3 is 21.7 Å². The fourth-order valence-electron chi connectivity index (χ4n) is 0.564. The Morgan fingerprint density at radius 2 is 1.05 bits per heavy atom. The molecule has 0 aliphatic carbocycles. The first-order chi connectivity index (χ1) is 8.62. The summed E-state index contributed by atoms with van der Waals surface area (Å²) in [5.74, 6) is 0.